The van der Waals surface area contributed by atoms with Crippen molar-refractivity contribution < 1.29 is 4.79 Å². The lowest BCUT2D eigenvalue weighted by molar-refractivity contribution is 0.0940. The Morgan fingerprint density at radius 1 is 1.03 bits per heavy atom. The van der Waals surface area contributed by atoms with Crippen molar-refractivity contribution in [2.45, 2.75) is 32.4 Å². The van der Waals surface area contributed by atoms with Gasteiger partial charge in [0.25, 0.3) is 5.91 Å². The number of rotatable bonds is 7. The summed E-state index contributed by atoms with van der Waals surface area (Å²) in [4.78, 5) is 24.1. The number of amides is 1. The summed E-state index contributed by atoms with van der Waals surface area (Å²) >= 11 is 1.65. The van der Waals surface area contributed by atoms with Crippen molar-refractivity contribution in [1.82, 2.24) is 19.9 Å². The minimum atomic E-state index is -0.215. The molecule has 1 unspecified atom stereocenters. The van der Waals surface area contributed by atoms with Crippen molar-refractivity contribution >= 4 is 45.3 Å². The summed E-state index contributed by atoms with van der Waals surface area (Å²) in [6.45, 7) is 2.56. The van der Waals surface area contributed by atoms with E-state index >= 15 is 0 Å². The van der Waals surface area contributed by atoms with Crippen LogP contribution in [0.3, 0.4) is 0 Å². The number of para-hydroxylation sites is 2. The average Bonchev–Trinajstić information content (AvgIpc) is 3.43. The van der Waals surface area contributed by atoms with Crippen LogP contribution in [0.2, 0.25) is 0 Å². The molecule has 3 heterocycles. The summed E-state index contributed by atoms with van der Waals surface area (Å²) in [6, 6.07) is 22.0. The van der Waals surface area contributed by atoms with E-state index in [9.17, 15) is 4.79 Å². The molecule has 3 N–H and O–H groups in total. The number of nitrogen functional groups attached to an aromatic ring is 1. The van der Waals surface area contributed by atoms with E-state index in [1.54, 1.807) is 11.3 Å². The number of fused-ring (bicyclic) bond motifs is 2. The van der Waals surface area contributed by atoms with Gasteiger partial charge in [-0.1, -0.05) is 48.5 Å². The number of aryl methyl sites for hydroxylation is 1. The molecule has 0 radical (unpaired) electrons. The zero-order chi connectivity index (χ0) is 22.8. The van der Waals surface area contributed by atoms with E-state index in [0.29, 0.717) is 29.1 Å². The summed E-state index contributed by atoms with van der Waals surface area (Å²) < 4.78 is 1.89. The number of nitrogens with two attached hydrogens (primary N) is 1. The number of benzene rings is 2. The monoisotopic (exact) mass is 455 g/mol. The summed E-state index contributed by atoms with van der Waals surface area (Å²) in [5, 5.41) is 5.15. The molecule has 0 saturated carbocycles. The van der Waals surface area contributed by atoms with E-state index in [4.69, 9.17) is 15.7 Å². The van der Waals surface area contributed by atoms with Gasteiger partial charge in [0.15, 0.2) is 5.65 Å². The highest BCUT2D eigenvalue weighted by atomic mass is 32.1. The Balaban J connectivity index is 1.48. The molecule has 1 amide bonds. The van der Waals surface area contributed by atoms with Crippen LogP contribution in [0.15, 0.2) is 72.1 Å². The molecule has 0 spiro atoms. The van der Waals surface area contributed by atoms with Crippen LogP contribution in [0.5, 0.6) is 0 Å². The number of thiophene rings is 1. The van der Waals surface area contributed by atoms with Gasteiger partial charge < -0.3 is 15.6 Å². The largest absolute Gasteiger partial charge is 0.384 e. The first kappa shape index (κ1) is 21.2. The number of carbonyl (C=O) groups is 1. The van der Waals surface area contributed by atoms with Gasteiger partial charge in [0.2, 0.25) is 0 Å². The standard InChI is InChI=1S/C26H25N5OS/c1-17(13-14-18-8-3-2-4-9-18)28-26(32)22-23-25(30-21-12-6-5-11-20(21)29-23)31(24(22)27)16-19-10-7-15-33-19/h2-12,15,17H,13-14,16,27H2,1H3,(H,28,32). The highest BCUT2D eigenvalue weighted by Gasteiger charge is 2.25. The molecule has 1 atom stereocenters. The minimum Gasteiger partial charge on any atom is -0.384 e. The van der Waals surface area contributed by atoms with Crippen molar-refractivity contribution in [3.05, 3.63) is 88.1 Å². The lowest BCUT2D eigenvalue weighted by atomic mass is 10.1. The molecule has 0 aliphatic rings. The maximum Gasteiger partial charge on any atom is 0.257 e. The molecule has 3 aromatic heterocycles. The number of nitrogens with one attached hydrogen (secondary N) is 1. The zero-order valence-electron chi connectivity index (χ0n) is 18.4. The number of carbonyl (C=O) groups excluding carboxylic acids is 1. The third-order valence-corrected chi connectivity index (χ3v) is 6.66. The first-order valence-electron chi connectivity index (χ1n) is 11.0. The molecule has 2 aromatic carbocycles. The third kappa shape index (κ3) is 4.32. The molecular weight excluding hydrogens is 430 g/mol. The van der Waals surface area contributed by atoms with Gasteiger partial charge in [0.05, 0.1) is 17.6 Å². The quantitative estimate of drug-likeness (QED) is 0.360. The fourth-order valence-corrected chi connectivity index (χ4v) is 4.75. The smallest absolute Gasteiger partial charge is 0.257 e. The van der Waals surface area contributed by atoms with Gasteiger partial charge in [-0.25, -0.2) is 9.97 Å². The molecule has 0 aliphatic heterocycles. The van der Waals surface area contributed by atoms with Crippen LogP contribution in [0.1, 0.15) is 34.1 Å². The van der Waals surface area contributed by atoms with Crippen molar-refractivity contribution in [2.24, 2.45) is 0 Å². The molecule has 0 saturated heterocycles. The molecule has 33 heavy (non-hydrogen) atoms. The van der Waals surface area contributed by atoms with Gasteiger partial charge >= 0.3 is 0 Å². The first-order chi connectivity index (χ1) is 16.1. The molecule has 6 nitrogen and oxygen atoms in total. The normalized spacial score (nSPS) is 12.3. The van der Waals surface area contributed by atoms with E-state index in [1.165, 1.54) is 5.56 Å². The first-order valence-corrected chi connectivity index (χ1v) is 11.9. The van der Waals surface area contributed by atoms with Crippen LogP contribution in [0, 0.1) is 0 Å². The second-order valence-electron chi connectivity index (χ2n) is 8.21. The number of nitrogens with zero attached hydrogens (tertiary/aromatic N) is 3. The lowest BCUT2D eigenvalue weighted by Gasteiger charge is -2.14. The van der Waals surface area contributed by atoms with Crippen LogP contribution >= 0.6 is 11.3 Å². The Bertz CT molecular complexity index is 1410. The minimum absolute atomic E-state index is 0.0128. The zero-order valence-corrected chi connectivity index (χ0v) is 19.2. The van der Waals surface area contributed by atoms with Gasteiger partial charge in [-0.05, 0) is 48.9 Å². The van der Waals surface area contributed by atoms with E-state index in [0.717, 1.165) is 28.8 Å². The van der Waals surface area contributed by atoms with Gasteiger partial charge in [0.1, 0.15) is 16.9 Å². The molecule has 7 heteroatoms. The highest BCUT2D eigenvalue weighted by molar-refractivity contribution is 7.09. The molecular formula is C26H25N5OS. The van der Waals surface area contributed by atoms with Crippen molar-refractivity contribution in [3.8, 4) is 0 Å². The summed E-state index contributed by atoms with van der Waals surface area (Å²) in [6.07, 6.45) is 1.72. The SMILES string of the molecule is CC(CCc1ccccc1)NC(=O)c1c(N)n(Cc2cccs2)c2nc3ccccc3nc12. The van der Waals surface area contributed by atoms with Gasteiger partial charge in [-0.2, -0.15) is 0 Å². The molecule has 0 fully saturated rings. The fourth-order valence-electron chi connectivity index (χ4n) is 4.06. The molecule has 166 valence electrons. The molecule has 0 bridgehead atoms. The Kier molecular flexibility index (Phi) is 5.79. The topological polar surface area (TPSA) is 85.8 Å². The van der Waals surface area contributed by atoms with E-state index < -0.39 is 0 Å². The number of aromatic nitrogens is 3. The predicted octanol–water partition coefficient (Wildman–Crippen LogP) is 5.03. The van der Waals surface area contributed by atoms with Gasteiger partial charge in [-0.3, -0.25) is 4.79 Å². The number of hydrogen-bond acceptors (Lipinski definition) is 5. The third-order valence-electron chi connectivity index (χ3n) is 5.80. The fraction of sp³-hybridized carbons (Fsp3) is 0.192. The van der Waals surface area contributed by atoms with Crippen molar-refractivity contribution in [2.75, 3.05) is 5.73 Å². The summed E-state index contributed by atoms with van der Waals surface area (Å²) in [5.41, 5.74) is 10.9. The van der Waals surface area contributed by atoms with Crippen LogP contribution in [-0.4, -0.2) is 26.5 Å². The molecule has 5 aromatic rings. The van der Waals surface area contributed by atoms with E-state index in [-0.39, 0.29) is 11.9 Å². The average molecular weight is 456 g/mol. The maximum absolute atomic E-state index is 13.4. The van der Waals surface area contributed by atoms with Crippen molar-refractivity contribution in [3.63, 3.8) is 0 Å². The lowest BCUT2D eigenvalue weighted by Crippen LogP contribution is -2.33. The second-order valence-corrected chi connectivity index (χ2v) is 9.24. The molecule has 5 rings (SSSR count). The predicted molar refractivity (Wildman–Crippen MR) is 135 cm³/mol. The van der Waals surface area contributed by atoms with Crippen LogP contribution in [0.25, 0.3) is 22.2 Å². The maximum atomic E-state index is 13.4. The Labute approximate surface area is 196 Å². The Morgan fingerprint density at radius 3 is 2.48 bits per heavy atom. The number of anilines is 1. The van der Waals surface area contributed by atoms with Gasteiger partial charge in [0, 0.05) is 10.9 Å². The highest BCUT2D eigenvalue weighted by Crippen LogP contribution is 2.29. The van der Waals surface area contributed by atoms with E-state index in [1.807, 2.05) is 65.4 Å². The van der Waals surface area contributed by atoms with Crippen molar-refractivity contribution in [1.29, 1.82) is 0 Å². The second kappa shape index (κ2) is 9.03. The summed E-state index contributed by atoms with van der Waals surface area (Å²) in [5.74, 6) is 0.175. The van der Waals surface area contributed by atoms with Gasteiger partial charge in [-0.15, -0.1) is 11.3 Å². The van der Waals surface area contributed by atoms with Crippen LogP contribution in [0.4, 0.5) is 5.82 Å². The molecule has 0 aliphatic carbocycles. The number of hydrogen-bond donors (Lipinski definition) is 2. The van der Waals surface area contributed by atoms with Crippen LogP contribution in [-0.2, 0) is 13.0 Å². The Morgan fingerprint density at radius 2 is 1.76 bits per heavy atom. The van der Waals surface area contributed by atoms with Crippen LogP contribution < -0.4 is 11.1 Å². The summed E-state index contributed by atoms with van der Waals surface area (Å²) in [7, 11) is 0. The Hall–Kier alpha value is -3.71. The van der Waals surface area contributed by atoms with E-state index in [2.05, 4.69) is 23.5 Å².